The predicted molar refractivity (Wildman–Crippen MR) is 120 cm³/mol. The molecule has 28 heavy (non-hydrogen) atoms. The van der Waals surface area contributed by atoms with Crippen molar-refractivity contribution in [3.8, 4) is 0 Å². The van der Waals surface area contributed by atoms with Crippen LogP contribution in [0.15, 0.2) is 103 Å². The molecule has 0 heterocycles. The third-order valence-electron chi connectivity index (χ3n) is 6.36. The summed E-state index contributed by atoms with van der Waals surface area (Å²) in [4.78, 5) is 0. The Morgan fingerprint density at radius 3 is 1.50 bits per heavy atom. The maximum Gasteiger partial charge on any atom is 0.155 e. The van der Waals surface area contributed by atoms with Gasteiger partial charge in [-0.1, -0.05) is 105 Å². The van der Waals surface area contributed by atoms with E-state index < -0.39 is 8.07 Å². The summed E-state index contributed by atoms with van der Waals surface area (Å²) in [6.45, 7) is 4.69. The minimum Gasteiger partial charge on any atom is -0.295 e. The van der Waals surface area contributed by atoms with E-state index in [-0.39, 0.29) is 11.0 Å². The number of allylic oxidation sites excluding steroid dienone is 2. The molecule has 0 N–H and O–H groups in total. The molecule has 0 saturated heterocycles. The second kappa shape index (κ2) is 7.44. The zero-order chi connectivity index (χ0) is 19.6. The monoisotopic (exact) mass is 383 g/mol. The van der Waals surface area contributed by atoms with Gasteiger partial charge in [0.05, 0.1) is 0 Å². The van der Waals surface area contributed by atoms with Crippen LogP contribution in [-0.4, -0.2) is 8.07 Å². The van der Waals surface area contributed by atoms with Crippen molar-refractivity contribution in [3.05, 3.63) is 103 Å². The summed E-state index contributed by atoms with van der Waals surface area (Å²) in [5, 5.41) is 16.8. The van der Waals surface area contributed by atoms with E-state index in [2.05, 4.69) is 111 Å². The SMILES string of the molecule is CC1(C)CCC([O])=CC1[Si](c1ccccc1)(c1ccccc1)c1ccccc1. The van der Waals surface area contributed by atoms with Gasteiger partial charge >= 0.3 is 0 Å². The second-order valence-electron chi connectivity index (χ2n) is 8.51. The molecular weight excluding hydrogens is 356 g/mol. The topological polar surface area (TPSA) is 19.9 Å². The highest BCUT2D eigenvalue weighted by atomic mass is 28.3. The molecule has 1 aliphatic rings. The van der Waals surface area contributed by atoms with Gasteiger partial charge in [-0.3, -0.25) is 5.11 Å². The summed E-state index contributed by atoms with van der Waals surface area (Å²) in [7, 11) is -2.48. The van der Waals surface area contributed by atoms with Crippen LogP contribution in [0.1, 0.15) is 26.7 Å². The Morgan fingerprint density at radius 2 is 1.11 bits per heavy atom. The van der Waals surface area contributed by atoms with Crippen molar-refractivity contribution in [1.82, 2.24) is 0 Å². The molecule has 1 aliphatic carbocycles. The average Bonchev–Trinajstić information content (AvgIpc) is 2.74. The van der Waals surface area contributed by atoms with Gasteiger partial charge in [0.1, 0.15) is 0 Å². The first kappa shape index (κ1) is 18.8. The maximum atomic E-state index is 12.7. The number of hydrogen-bond acceptors (Lipinski definition) is 0. The van der Waals surface area contributed by atoms with Crippen LogP contribution in [0.2, 0.25) is 5.54 Å². The Kier molecular flexibility index (Phi) is 4.99. The van der Waals surface area contributed by atoms with E-state index in [0.29, 0.717) is 12.2 Å². The van der Waals surface area contributed by atoms with Crippen molar-refractivity contribution < 1.29 is 5.11 Å². The van der Waals surface area contributed by atoms with Crippen LogP contribution in [0, 0.1) is 5.41 Å². The Labute approximate surface area is 169 Å². The lowest BCUT2D eigenvalue weighted by Crippen LogP contribution is -2.71. The Balaban J connectivity index is 2.12. The molecule has 1 unspecified atom stereocenters. The highest BCUT2D eigenvalue weighted by Crippen LogP contribution is 2.48. The molecule has 0 aromatic heterocycles. The minimum atomic E-state index is -2.48. The largest absolute Gasteiger partial charge is 0.295 e. The van der Waals surface area contributed by atoms with Crippen LogP contribution < -0.4 is 15.6 Å². The van der Waals surface area contributed by atoms with Crippen LogP contribution in [0.4, 0.5) is 0 Å². The van der Waals surface area contributed by atoms with Crippen LogP contribution in [0.3, 0.4) is 0 Å². The lowest BCUT2D eigenvalue weighted by molar-refractivity contribution is 0.221. The quantitative estimate of drug-likeness (QED) is 0.461. The molecule has 0 amide bonds. The van der Waals surface area contributed by atoms with Gasteiger partial charge in [-0.2, -0.15) is 0 Å². The molecule has 0 spiro atoms. The van der Waals surface area contributed by atoms with E-state index in [9.17, 15) is 5.11 Å². The molecule has 0 bridgehead atoms. The summed E-state index contributed by atoms with van der Waals surface area (Å²) in [6.07, 6.45) is 3.67. The molecule has 0 saturated carbocycles. The fourth-order valence-electron chi connectivity index (χ4n) is 4.95. The normalized spacial score (nSPS) is 19.1. The molecule has 1 atom stereocenters. The van der Waals surface area contributed by atoms with Gasteiger partial charge in [0.2, 0.25) is 0 Å². The fourth-order valence-corrected chi connectivity index (χ4v) is 10.9. The molecule has 1 nitrogen and oxygen atoms in total. The molecule has 3 aromatic carbocycles. The molecule has 0 fully saturated rings. The molecule has 2 heteroatoms. The van der Waals surface area contributed by atoms with Gasteiger partial charge in [-0.25, -0.2) is 0 Å². The Morgan fingerprint density at radius 1 is 0.714 bits per heavy atom. The van der Waals surface area contributed by atoms with Crippen molar-refractivity contribution in [2.75, 3.05) is 0 Å². The minimum absolute atomic E-state index is 0.0572. The van der Waals surface area contributed by atoms with Gasteiger partial charge in [0.15, 0.2) is 13.8 Å². The average molecular weight is 384 g/mol. The zero-order valence-corrected chi connectivity index (χ0v) is 17.6. The number of rotatable bonds is 4. The first-order valence-corrected chi connectivity index (χ1v) is 12.2. The molecule has 3 aromatic rings. The third kappa shape index (κ3) is 3.12. The van der Waals surface area contributed by atoms with Crippen molar-refractivity contribution >= 4 is 23.6 Å². The van der Waals surface area contributed by atoms with Crippen molar-refractivity contribution in [3.63, 3.8) is 0 Å². The van der Waals surface area contributed by atoms with E-state index >= 15 is 0 Å². The van der Waals surface area contributed by atoms with Crippen LogP contribution in [-0.2, 0) is 5.11 Å². The van der Waals surface area contributed by atoms with Gasteiger partial charge in [-0.05, 0) is 39.0 Å². The van der Waals surface area contributed by atoms with Crippen LogP contribution in [0.25, 0.3) is 0 Å². The van der Waals surface area contributed by atoms with Crippen molar-refractivity contribution in [2.24, 2.45) is 5.41 Å². The van der Waals surface area contributed by atoms with Crippen LogP contribution >= 0.6 is 0 Å². The standard InChI is InChI=1S/C26H27OSi/c1-26(2)19-18-21(27)20-25(26)28(22-12-6-3-7-13-22,23-14-8-4-9-15-23)24-16-10-5-11-17-24/h3-17,20,25H,18-19H2,1-2H3. The van der Waals surface area contributed by atoms with Crippen molar-refractivity contribution in [2.45, 2.75) is 32.2 Å². The fraction of sp³-hybridized carbons (Fsp3) is 0.231. The van der Waals surface area contributed by atoms with E-state index in [1.54, 1.807) is 0 Å². The summed E-state index contributed by atoms with van der Waals surface area (Å²) in [6, 6.07) is 32.7. The summed E-state index contributed by atoms with van der Waals surface area (Å²) in [5.74, 6) is 0.295. The van der Waals surface area contributed by atoms with Gasteiger partial charge < -0.3 is 0 Å². The van der Waals surface area contributed by atoms with E-state index in [0.717, 1.165) is 6.42 Å². The molecule has 141 valence electrons. The highest BCUT2D eigenvalue weighted by Gasteiger charge is 2.52. The van der Waals surface area contributed by atoms with E-state index in [1.807, 2.05) is 0 Å². The first-order valence-electron chi connectivity index (χ1n) is 10.1. The highest BCUT2D eigenvalue weighted by molar-refractivity contribution is 7.12. The van der Waals surface area contributed by atoms with E-state index in [1.165, 1.54) is 15.6 Å². The molecular formula is C26H27OSi. The second-order valence-corrected chi connectivity index (χ2v) is 12.5. The summed E-state index contributed by atoms with van der Waals surface area (Å²) >= 11 is 0. The predicted octanol–water partition coefficient (Wildman–Crippen LogP) is 4.66. The third-order valence-corrected chi connectivity index (χ3v) is 12.0. The number of benzene rings is 3. The first-order chi connectivity index (χ1) is 13.5. The van der Waals surface area contributed by atoms with Crippen LogP contribution in [0.5, 0.6) is 0 Å². The Hall–Kier alpha value is -2.58. The number of hydrogen-bond donors (Lipinski definition) is 0. The zero-order valence-electron chi connectivity index (χ0n) is 16.6. The Bertz CT molecular complexity index is 849. The smallest absolute Gasteiger partial charge is 0.155 e. The molecule has 0 aliphatic heterocycles. The lowest BCUT2D eigenvalue weighted by atomic mass is 9.80. The van der Waals surface area contributed by atoms with Crippen molar-refractivity contribution in [1.29, 1.82) is 0 Å². The molecule has 1 radical (unpaired) electrons. The lowest BCUT2D eigenvalue weighted by Gasteiger charge is -2.48. The van der Waals surface area contributed by atoms with Gasteiger partial charge in [-0.15, -0.1) is 0 Å². The molecule has 4 rings (SSSR count). The van der Waals surface area contributed by atoms with E-state index in [4.69, 9.17) is 0 Å². The summed E-state index contributed by atoms with van der Waals surface area (Å²) in [5.41, 5.74) is 0.259. The summed E-state index contributed by atoms with van der Waals surface area (Å²) < 4.78 is 0. The van der Waals surface area contributed by atoms with Gasteiger partial charge in [0, 0.05) is 6.42 Å². The maximum absolute atomic E-state index is 12.7. The van der Waals surface area contributed by atoms with Gasteiger partial charge in [0.25, 0.3) is 0 Å².